The van der Waals surface area contributed by atoms with Crippen LogP contribution in [0.2, 0.25) is 0 Å². The zero-order valence-corrected chi connectivity index (χ0v) is 13.9. The van der Waals surface area contributed by atoms with E-state index in [4.69, 9.17) is 4.74 Å². The number of amides is 3. The summed E-state index contributed by atoms with van der Waals surface area (Å²) in [4.78, 5) is 38.7. The first kappa shape index (κ1) is 17.7. The fourth-order valence-electron chi connectivity index (χ4n) is 2.99. The number of rotatable bonds is 5. The molecule has 2 heterocycles. The Morgan fingerprint density at radius 1 is 1.09 bits per heavy atom. The second-order valence-corrected chi connectivity index (χ2v) is 6.18. The number of hydrogen-bond donors (Lipinski definition) is 1. The van der Waals surface area contributed by atoms with Crippen LogP contribution >= 0.6 is 0 Å². The topological polar surface area (TPSA) is 79.0 Å². The van der Waals surface area contributed by atoms with E-state index in [-0.39, 0.29) is 23.8 Å². The highest BCUT2D eigenvalue weighted by Crippen LogP contribution is 2.15. The molecule has 0 saturated carbocycles. The molecule has 2 saturated heterocycles. The molecule has 0 aromatic rings. The van der Waals surface area contributed by atoms with Gasteiger partial charge in [0.2, 0.25) is 17.7 Å². The van der Waals surface area contributed by atoms with Crippen molar-refractivity contribution in [3.05, 3.63) is 0 Å². The Kier molecular flexibility index (Phi) is 6.83. The van der Waals surface area contributed by atoms with Crippen molar-refractivity contribution in [2.24, 2.45) is 0 Å². The van der Waals surface area contributed by atoms with Gasteiger partial charge in [-0.3, -0.25) is 14.4 Å². The molecule has 2 fully saturated rings. The number of carbonyl (C=O) groups is 3. The lowest BCUT2D eigenvalue weighted by molar-refractivity contribution is -0.138. The summed E-state index contributed by atoms with van der Waals surface area (Å²) < 4.78 is 5.53. The average Bonchev–Trinajstić information content (AvgIpc) is 2.55. The Labute approximate surface area is 137 Å². The Morgan fingerprint density at radius 3 is 2.39 bits per heavy atom. The SMILES string of the molecule is CC(=O)N1CCN(C(=O)CCNC(=O)CC2CCCCO2)CC1. The van der Waals surface area contributed by atoms with Crippen molar-refractivity contribution in [1.29, 1.82) is 0 Å². The molecule has 0 spiro atoms. The van der Waals surface area contributed by atoms with Crippen LogP contribution < -0.4 is 5.32 Å². The van der Waals surface area contributed by atoms with Gasteiger partial charge in [0.1, 0.15) is 0 Å². The normalized spacial score (nSPS) is 21.9. The van der Waals surface area contributed by atoms with Gasteiger partial charge in [-0.05, 0) is 19.3 Å². The van der Waals surface area contributed by atoms with Gasteiger partial charge in [-0.1, -0.05) is 0 Å². The Hall–Kier alpha value is -1.63. The van der Waals surface area contributed by atoms with E-state index in [0.29, 0.717) is 45.6 Å². The number of nitrogens with one attached hydrogen (secondary N) is 1. The summed E-state index contributed by atoms with van der Waals surface area (Å²) >= 11 is 0. The van der Waals surface area contributed by atoms with Gasteiger partial charge in [0.15, 0.2) is 0 Å². The number of piperazine rings is 1. The number of nitrogens with zero attached hydrogens (tertiary/aromatic N) is 2. The molecular formula is C16H27N3O4. The highest BCUT2D eigenvalue weighted by molar-refractivity contribution is 5.79. The molecular weight excluding hydrogens is 298 g/mol. The minimum atomic E-state index is -0.0499. The van der Waals surface area contributed by atoms with Gasteiger partial charge in [-0.15, -0.1) is 0 Å². The largest absolute Gasteiger partial charge is 0.378 e. The Morgan fingerprint density at radius 2 is 1.78 bits per heavy atom. The van der Waals surface area contributed by atoms with Crippen LogP contribution in [0.1, 0.15) is 39.0 Å². The van der Waals surface area contributed by atoms with Crippen molar-refractivity contribution in [1.82, 2.24) is 15.1 Å². The van der Waals surface area contributed by atoms with E-state index in [1.165, 1.54) is 0 Å². The molecule has 0 aromatic heterocycles. The number of ether oxygens (including phenoxy) is 1. The van der Waals surface area contributed by atoms with Crippen LogP contribution in [0.4, 0.5) is 0 Å². The first-order valence-electron chi connectivity index (χ1n) is 8.48. The smallest absolute Gasteiger partial charge is 0.224 e. The second-order valence-electron chi connectivity index (χ2n) is 6.18. The molecule has 130 valence electrons. The van der Waals surface area contributed by atoms with Crippen LogP contribution in [0, 0.1) is 0 Å². The summed E-state index contributed by atoms with van der Waals surface area (Å²) in [5, 5.41) is 2.80. The monoisotopic (exact) mass is 325 g/mol. The molecule has 1 unspecified atom stereocenters. The lowest BCUT2D eigenvalue weighted by atomic mass is 10.1. The summed E-state index contributed by atoms with van der Waals surface area (Å²) in [5.41, 5.74) is 0. The molecule has 1 atom stereocenters. The number of hydrogen-bond acceptors (Lipinski definition) is 4. The summed E-state index contributed by atoms with van der Waals surface area (Å²) in [7, 11) is 0. The highest BCUT2D eigenvalue weighted by Gasteiger charge is 2.22. The van der Waals surface area contributed by atoms with E-state index in [9.17, 15) is 14.4 Å². The van der Waals surface area contributed by atoms with Gasteiger partial charge >= 0.3 is 0 Å². The van der Waals surface area contributed by atoms with Crippen molar-refractivity contribution >= 4 is 17.7 Å². The van der Waals surface area contributed by atoms with Gasteiger partial charge < -0.3 is 19.9 Å². The lowest BCUT2D eigenvalue weighted by Gasteiger charge is -2.34. The fraction of sp³-hybridized carbons (Fsp3) is 0.812. The van der Waals surface area contributed by atoms with Crippen LogP contribution in [0.25, 0.3) is 0 Å². The lowest BCUT2D eigenvalue weighted by Crippen LogP contribution is -2.50. The molecule has 2 aliphatic rings. The third-order valence-electron chi connectivity index (χ3n) is 4.43. The molecule has 0 bridgehead atoms. The van der Waals surface area contributed by atoms with Gasteiger partial charge in [-0.25, -0.2) is 0 Å². The van der Waals surface area contributed by atoms with Crippen LogP contribution in [0.15, 0.2) is 0 Å². The minimum Gasteiger partial charge on any atom is -0.378 e. The van der Waals surface area contributed by atoms with E-state index in [2.05, 4.69) is 5.32 Å². The molecule has 7 heteroatoms. The van der Waals surface area contributed by atoms with Crippen molar-refractivity contribution < 1.29 is 19.1 Å². The fourth-order valence-corrected chi connectivity index (χ4v) is 2.99. The van der Waals surface area contributed by atoms with Crippen LogP contribution in [0.3, 0.4) is 0 Å². The van der Waals surface area contributed by atoms with E-state index >= 15 is 0 Å². The molecule has 2 rings (SSSR count). The molecule has 0 aromatic carbocycles. The van der Waals surface area contributed by atoms with E-state index < -0.39 is 0 Å². The zero-order valence-electron chi connectivity index (χ0n) is 13.9. The van der Waals surface area contributed by atoms with Gasteiger partial charge in [0.25, 0.3) is 0 Å². The Bertz CT molecular complexity index is 427. The molecule has 1 N–H and O–H groups in total. The number of carbonyl (C=O) groups excluding carboxylic acids is 3. The predicted octanol–water partition coefficient (Wildman–Crippen LogP) is 0.143. The van der Waals surface area contributed by atoms with Crippen molar-refractivity contribution in [3.63, 3.8) is 0 Å². The zero-order chi connectivity index (χ0) is 16.7. The van der Waals surface area contributed by atoms with Gasteiger partial charge in [0, 0.05) is 52.7 Å². The molecule has 7 nitrogen and oxygen atoms in total. The molecule has 0 radical (unpaired) electrons. The molecule has 0 aliphatic carbocycles. The van der Waals surface area contributed by atoms with E-state index in [0.717, 1.165) is 25.9 Å². The van der Waals surface area contributed by atoms with Gasteiger partial charge in [-0.2, -0.15) is 0 Å². The first-order chi connectivity index (χ1) is 11.1. The summed E-state index contributed by atoms with van der Waals surface area (Å²) in [6, 6.07) is 0. The Balaban J connectivity index is 1.59. The maximum absolute atomic E-state index is 12.1. The third-order valence-corrected chi connectivity index (χ3v) is 4.43. The maximum Gasteiger partial charge on any atom is 0.224 e. The molecule has 2 aliphatic heterocycles. The standard InChI is InChI=1S/C16H27N3O4/c1-13(20)18-7-9-19(10-8-18)16(22)5-6-17-15(21)12-14-4-2-3-11-23-14/h14H,2-12H2,1H3,(H,17,21). The van der Waals surface area contributed by atoms with Crippen LogP contribution in [-0.2, 0) is 19.1 Å². The van der Waals surface area contributed by atoms with E-state index in [1.54, 1.807) is 16.7 Å². The summed E-state index contributed by atoms with van der Waals surface area (Å²) in [6.45, 7) is 4.96. The van der Waals surface area contributed by atoms with Crippen LogP contribution in [-0.4, -0.2) is 73.0 Å². The third kappa shape index (κ3) is 5.82. The second kappa shape index (κ2) is 8.86. The first-order valence-corrected chi connectivity index (χ1v) is 8.48. The summed E-state index contributed by atoms with van der Waals surface area (Å²) in [6.07, 6.45) is 3.83. The molecule has 23 heavy (non-hydrogen) atoms. The quantitative estimate of drug-likeness (QED) is 0.780. The van der Waals surface area contributed by atoms with Gasteiger partial charge in [0.05, 0.1) is 12.5 Å². The maximum atomic E-state index is 12.1. The van der Waals surface area contributed by atoms with E-state index in [1.807, 2.05) is 0 Å². The average molecular weight is 325 g/mol. The predicted molar refractivity (Wildman–Crippen MR) is 84.7 cm³/mol. The van der Waals surface area contributed by atoms with Crippen molar-refractivity contribution in [2.75, 3.05) is 39.3 Å². The van der Waals surface area contributed by atoms with Crippen molar-refractivity contribution in [3.8, 4) is 0 Å². The highest BCUT2D eigenvalue weighted by atomic mass is 16.5. The van der Waals surface area contributed by atoms with Crippen LogP contribution in [0.5, 0.6) is 0 Å². The minimum absolute atomic E-state index is 0.0270. The summed E-state index contributed by atoms with van der Waals surface area (Å²) in [5.74, 6) is 0.0304. The van der Waals surface area contributed by atoms with Crippen molar-refractivity contribution in [2.45, 2.75) is 45.1 Å². The molecule has 3 amide bonds.